The molecule has 8 heteroatoms. The Labute approximate surface area is 183 Å². The molecule has 6 nitrogen and oxygen atoms in total. The van der Waals surface area contributed by atoms with Gasteiger partial charge < -0.3 is 0 Å². The summed E-state index contributed by atoms with van der Waals surface area (Å²) in [7, 11) is 0. The first-order valence-corrected chi connectivity index (χ1v) is 12.6. The monoisotopic (exact) mass is 444 g/mol. The van der Waals surface area contributed by atoms with Crippen LogP contribution in [0.15, 0.2) is 23.8 Å². The van der Waals surface area contributed by atoms with Gasteiger partial charge in [-0.05, 0) is 67.9 Å². The number of nitrogens with one attached hydrogen (secondary N) is 2. The molecule has 2 amide bonds. The van der Waals surface area contributed by atoms with Crippen LogP contribution in [0.5, 0.6) is 0 Å². The van der Waals surface area contributed by atoms with E-state index in [-0.39, 0.29) is 5.91 Å². The number of hydroxylamine groups is 2. The third kappa shape index (κ3) is 12.4. The minimum atomic E-state index is -0.482. The summed E-state index contributed by atoms with van der Waals surface area (Å²) >= 11 is 4.00. The topological polar surface area (TPSA) is 87.7 Å². The molecule has 0 saturated heterocycles. The largest absolute Gasteiger partial charge is 0.288 e. The van der Waals surface area contributed by atoms with E-state index in [1.165, 1.54) is 23.7 Å². The third-order valence-corrected chi connectivity index (χ3v) is 7.31. The van der Waals surface area contributed by atoms with Crippen LogP contribution in [-0.4, -0.2) is 46.6 Å². The van der Waals surface area contributed by atoms with E-state index >= 15 is 0 Å². The molecular weight excluding hydrogens is 408 g/mol. The molecule has 1 heterocycles. The highest BCUT2D eigenvalue weighted by Gasteiger charge is 2.14. The first-order valence-electron chi connectivity index (χ1n) is 10.3. The lowest BCUT2D eigenvalue weighted by molar-refractivity contribution is -0.130. The molecule has 0 aliphatic carbocycles. The quantitative estimate of drug-likeness (QED) is 0.144. The smallest absolute Gasteiger partial charge is 0.270 e. The maximum atomic E-state index is 11.6. The van der Waals surface area contributed by atoms with Gasteiger partial charge in [-0.15, -0.1) is 0 Å². The minimum absolute atomic E-state index is 0.0928. The Kier molecular flexibility index (Phi) is 14.2. The van der Waals surface area contributed by atoms with E-state index in [0.29, 0.717) is 30.4 Å². The summed E-state index contributed by atoms with van der Waals surface area (Å²) in [4.78, 5) is 27.7. The molecule has 0 bridgehead atoms. The number of hydrogen-bond donors (Lipinski definition) is 3. The van der Waals surface area contributed by atoms with Gasteiger partial charge in [0.1, 0.15) is 0 Å². The van der Waals surface area contributed by atoms with Crippen molar-refractivity contribution in [1.29, 1.82) is 0 Å². The van der Waals surface area contributed by atoms with Gasteiger partial charge in [-0.2, -0.15) is 23.5 Å². The van der Waals surface area contributed by atoms with E-state index in [1.807, 2.05) is 29.6 Å². The van der Waals surface area contributed by atoms with E-state index in [9.17, 15) is 9.59 Å². The van der Waals surface area contributed by atoms with Crippen molar-refractivity contribution in [3.63, 3.8) is 0 Å². The zero-order valence-electron chi connectivity index (χ0n) is 17.7. The van der Waals surface area contributed by atoms with Gasteiger partial charge in [0.05, 0.1) is 6.61 Å². The van der Waals surface area contributed by atoms with Crippen LogP contribution >= 0.6 is 23.5 Å². The Bertz CT molecular complexity index is 555. The van der Waals surface area contributed by atoms with Crippen molar-refractivity contribution in [2.75, 3.05) is 29.6 Å². The molecule has 2 unspecified atom stereocenters. The van der Waals surface area contributed by atoms with E-state index in [1.54, 1.807) is 5.48 Å². The van der Waals surface area contributed by atoms with E-state index < -0.39 is 5.91 Å². The summed E-state index contributed by atoms with van der Waals surface area (Å²) < 4.78 is 0. The van der Waals surface area contributed by atoms with Gasteiger partial charge in [0.2, 0.25) is 0 Å². The van der Waals surface area contributed by atoms with Crippen molar-refractivity contribution in [2.24, 2.45) is 11.8 Å². The molecule has 0 saturated carbocycles. The predicted molar refractivity (Wildman–Crippen MR) is 122 cm³/mol. The van der Waals surface area contributed by atoms with E-state index in [2.05, 4.69) is 25.9 Å². The van der Waals surface area contributed by atoms with Crippen molar-refractivity contribution in [2.45, 2.75) is 52.4 Å². The lowest BCUT2D eigenvalue weighted by atomic mass is 9.98. The van der Waals surface area contributed by atoms with Gasteiger partial charge in [0, 0.05) is 22.7 Å². The van der Waals surface area contributed by atoms with Crippen LogP contribution in [0.4, 0.5) is 0 Å². The SMILES string of the molecule is C=C(CCC(C)CCSCCSCCC(C)CCC1=CCONC1=O)C(=O)NO. The molecule has 0 aromatic heterocycles. The summed E-state index contributed by atoms with van der Waals surface area (Å²) in [5.74, 6) is 5.23. The molecule has 0 radical (unpaired) electrons. The Morgan fingerprint density at radius 3 is 2.38 bits per heavy atom. The predicted octanol–water partition coefficient (Wildman–Crippen LogP) is 4.12. The van der Waals surface area contributed by atoms with Gasteiger partial charge in [0.25, 0.3) is 11.8 Å². The Hall–Kier alpha value is -0.960. The average molecular weight is 445 g/mol. The number of carbonyl (C=O) groups excluding carboxylic acids is 2. The van der Waals surface area contributed by atoms with Gasteiger partial charge >= 0.3 is 0 Å². The van der Waals surface area contributed by atoms with Crippen LogP contribution in [0.25, 0.3) is 0 Å². The number of carbonyl (C=O) groups is 2. The highest BCUT2D eigenvalue weighted by molar-refractivity contribution is 8.02. The van der Waals surface area contributed by atoms with Crippen molar-refractivity contribution < 1.29 is 19.6 Å². The highest BCUT2D eigenvalue weighted by Crippen LogP contribution is 2.20. The van der Waals surface area contributed by atoms with Gasteiger partial charge in [-0.1, -0.05) is 20.4 Å². The number of amides is 2. The lowest BCUT2D eigenvalue weighted by Crippen LogP contribution is -2.29. The number of hydrogen-bond acceptors (Lipinski definition) is 6. The number of thioether (sulfide) groups is 2. The first-order chi connectivity index (χ1) is 13.9. The van der Waals surface area contributed by atoms with Gasteiger partial charge in [-0.3, -0.25) is 19.6 Å². The Morgan fingerprint density at radius 1 is 1.17 bits per heavy atom. The highest BCUT2D eigenvalue weighted by atomic mass is 32.2. The average Bonchev–Trinajstić information content (AvgIpc) is 2.72. The van der Waals surface area contributed by atoms with Crippen LogP contribution in [0.3, 0.4) is 0 Å². The molecule has 1 aliphatic rings. The van der Waals surface area contributed by atoms with E-state index in [4.69, 9.17) is 10.0 Å². The molecule has 0 fully saturated rings. The van der Waals surface area contributed by atoms with Gasteiger partial charge in [0.15, 0.2) is 0 Å². The molecule has 1 rings (SSSR count). The minimum Gasteiger partial charge on any atom is -0.288 e. The second-order valence-electron chi connectivity index (χ2n) is 7.61. The maximum absolute atomic E-state index is 11.6. The summed E-state index contributed by atoms with van der Waals surface area (Å²) in [6.07, 6.45) is 7.61. The molecule has 0 spiro atoms. The Balaban J connectivity index is 1.93. The van der Waals surface area contributed by atoms with Crippen LogP contribution < -0.4 is 11.0 Å². The fraction of sp³-hybridized carbons (Fsp3) is 0.714. The van der Waals surface area contributed by atoms with Crippen molar-refractivity contribution in [3.8, 4) is 0 Å². The molecule has 2 atom stereocenters. The number of rotatable bonds is 16. The van der Waals surface area contributed by atoms with Crippen molar-refractivity contribution >= 4 is 35.3 Å². The molecule has 0 aromatic carbocycles. The zero-order valence-corrected chi connectivity index (χ0v) is 19.3. The summed E-state index contributed by atoms with van der Waals surface area (Å²) in [6, 6.07) is 0. The van der Waals surface area contributed by atoms with E-state index in [0.717, 1.165) is 37.0 Å². The van der Waals surface area contributed by atoms with Crippen LogP contribution in [0.1, 0.15) is 52.4 Å². The standard InChI is InChI=1S/C21H36N2O4S2/c1-16(4-6-18(3)20(24)22-26)9-12-28-14-15-29-13-10-17(2)5-7-19-8-11-27-23-21(19)25/h8,16-17,26H,3-7,9-15H2,1-2H3,(H,22,24)(H,23,25). The first kappa shape index (κ1) is 26.1. The summed E-state index contributed by atoms with van der Waals surface area (Å²) in [6.45, 7) is 8.60. The summed E-state index contributed by atoms with van der Waals surface area (Å²) in [5.41, 5.74) is 5.33. The maximum Gasteiger partial charge on any atom is 0.270 e. The normalized spacial score (nSPS) is 16.0. The third-order valence-electron chi connectivity index (χ3n) is 5.02. The van der Waals surface area contributed by atoms with Crippen molar-refractivity contribution in [3.05, 3.63) is 23.8 Å². The zero-order chi connectivity index (χ0) is 21.5. The molecule has 29 heavy (non-hydrogen) atoms. The molecule has 166 valence electrons. The molecule has 1 aliphatic heterocycles. The van der Waals surface area contributed by atoms with Crippen LogP contribution in [0, 0.1) is 11.8 Å². The fourth-order valence-electron chi connectivity index (χ4n) is 2.82. The Morgan fingerprint density at radius 2 is 1.79 bits per heavy atom. The van der Waals surface area contributed by atoms with Crippen LogP contribution in [0.2, 0.25) is 0 Å². The van der Waals surface area contributed by atoms with Crippen LogP contribution in [-0.2, 0) is 14.4 Å². The second-order valence-corrected chi connectivity index (χ2v) is 10.1. The second kappa shape index (κ2) is 15.8. The van der Waals surface area contributed by atoms with Gasteiger partial charge in [-0.25, -0.2) is 11.0 Å². The molecule has 0 aromatic rings. The fourth-order valence-corrected chi connectivity index (χ4v) is 5.31. The molecule has 3 N–H and O–H groups in total. The lowest BCUT2D eigenvalue weighted by Gasteiger charge is -2.16. The summed E-state index contributed by atoms with van der Waals surface area (Å²) in [5, 5.41) is 8.57. The molecular formula is C21H36N2O4S2. The van der Waals surface area contributed by atoms with Crippen molar-refractivity contribution in [1.82, 2.24) is 11.0 Å².